The lowest BCUT2D eigenvalue weighted by Gasteiger charge is -2.23. The Labute approximate surface area is 146 Å². The van der Waals surface area contributed by atoms with Crippen LogP contribution in [0.2, 0.25) is 0 Å². The lowest BCUT2D eigenvalue weighted by Crippen LogP contribution is -2.34. The molecular formula is C19H20N2O4. The zero-order valence-corrected chi connectivity index (χ0v) is 14.3. The van der Waals surface area contributed by atoms with Gasteiger partial charge >= 0.3 is 0 Å². The number of carbonyl (C=O) groups is 2. The molecule has 0 spiro atoms. The average Bonchev–Trinajstić information content (AvgIpc) is 2.56. The number of nitrogens with one attached hydrogen (secondary N) is 2. The van der Waals surface area contributed by atoms with Gasteiger partial charge in [0.15, 0.2) is 6.10 Å². The molecule has 1 aliphatic rings. The minimum atomic E-state index is -0.528. The predicted octanol–water partition coefficient (Wildman–Crippen LogP) is 3.45. The number of fused-ring (bicyclic) bond motifs is 1. The largest absolute Gasteiger partial charge is 0.491 e. The van der Waals surface area contributed by atoms with E-state index in [9.17, 15) is 9.59 Å². The number of hydrogen-bond acceptors (Lipinski definition) is 4. The van der Waals surface area contributed by atoms with Crippen LogP contribution in [0.3, 0.4) is 0 Å². The molecule has 0 saturated carbocycles. The van der Waals surface area contributed by atoms with Crippen molar-refractivity contribution >= 4 is 23.2 Å². The van der Waals surface area contributed by atoms with Gasteiger partial charge in [0, 0.05) is 11.3 Å². The minimum absolute atomic E-state index is 0.0790. The summed E-state index contributed by atoms with van der Waals surface area (Å²) in [7, 11) is 0. The van der Waals surface area contributed by atoms with Gasteiger partial charge in [0.1, 0.15) is 11.5 Å². The zero-order chi connectivity index (χ0) is 18.0. The average molecular weight is 340 g/mol. The van der Waals surface area contributed by atoms with E-state index in [1.807, 2.05) is 13.8 Å². The summed E-state index contributed by atoms with van der Waals surface area (Å²) < 4.78 is 11.1. The summed E-state index contributed by atoms with van der Waals surface area (Å²) in [6.45, 7) is 5.57. The lowest BCUT2D eigenvalue weighted by atomic mass is 10.1. The summed E-state index contributed by atoms with van der Waals surface area (Å²) in [4.78, 5) is 24.0. The molecule has 0 radical (unpaired) electrons. The Morgan fingerprint density at radius 3 is 2.60 bits per heavy atom. The van der Waals surface area contributed by atoms with Crippen molar-refractivity contribution in [2.24, 2.45) is 0 Å². The molecule has 2 aromatic rings. The van der Waals surface area contributed by atoms with E-state index in [1.54, 1.807) is 49.4 Å². The summed E-state index contributed by atoms with van der Waals surface area (Å²) in [5, 5.41) is 5.56. The molecule has 6 nitrogen and oxygen atoms in total. The van der Waals surface area contributed by atoms with Crippen LogP contribution in [0, 0.1) is 0 Å². The molecule has 0 aromatic heterocycles. The zero-order valence-electron chi connectivity index (χ0n) is 14.3. The Kier molecular flexibility index (Phi) is 4.61. The van der Waals surface area contributed by atoms with Crippen LogP contribution in [0.15, 0.2) is 42.5 Å². The van der Waals surface area contributed by atoms with Crippen molar-refractivity contribution in [2.75, 3.05) is 10.6 Å². The van der Waals surface area contributed by atoms with E-state index in [1.165, 1.54) is 0 Å². The summed E-state index contributed by atoms with van der Waals surface area (Å²) in [6, 6.07) is 12.1. The molecule has 2 N–H and O–H groups in total. The van der Waals surface area contributed by atoms with Crippen LogP contribution in [0.5, 0.6) is 11.5 Å². The van der Waals surface area contributed by atoms with Crippen LogP contribution < -0.4 is 20.1 Å². The topological polar surface area (TPSA) is 76.7 Å². The Morgan fingerprint density at radius 1 is 1.20 bits per heavy atom. The van der Waals surface area contributed by atoms with Crippen molar-refractivity contribution in [1.29, 1.82) is 0 Å². The van der Waals surface area contributed by atoms with Gasteiger partial charge in [-0.05, 0) is 63.2 Å². The SMILES string of the molecule is CC(C)Oc1ccc(C(=O)Nc2ccc3c(c2)NC(=O)[C@@H](C)O3)cc1. The highest BCUT2D eigenvalue weighted by atomic mass is 16.5. The van der Waals surface area contributed by atoms with Crippen molar-refractivity contribution < 1.29 is 19.1 Å². The summed E-state index contributed by atoms with van der Waals surface area (Å²) >= 11 is 0. The first kappa shape index (κ1) is 16.8. The molecule has 1 atom stereocenters. The number of carbonyl (C=O) groups excluding carboxylic acids is 2. The molecule has 3 rings (SSSR count). The van der Waals surface area contributed by atoms with Gasteiger partial charge in [0.25, 0.3) is 11.8 Å². The monoisotopic (exact) mass is 340 g/mol. The minimum Gasteiger partial charge on any atom is -0.491 e. The number of ether oxygens (including phenoxy) is 2. The predicted molar refractivity (Wildman–Crippen MR) is 95.3 cm³/mol. The smallest absolute Gasteiger partial charge is 0.265 e. The molecule has 1 heterocycles. The number of hydrogen-bond donors (Lipinski definition) is 2. The molecule has 0 saturated heterocycles. The first-order valence-electron chi connectivity index (χ1n) is 8.12. The fourth-order valence-corrected chi connectivity index (χ4v) is 2.45. The van der Waals surface area contributed by atoms with E-state index in [2.05, 4.69) is 10.6 Å². The molecule has 130 valence electrons. The molecule has 0 unspecified atom stereocenters. The maximum atomic E-state index is 12.4. The number of amides is 2. The van der Waals surface area contributed by atoms with E-state index >= 15 is 0 Å². The molecule has 2 amide bonds. The second kappa shape index (κ2) is 6.84. The van der Waals surface area contributed by atoms with E-state index in [-0.39, 0.29) is 17.9 Å². The number of anilines is 2. The van der Waals surface area contributed by atoms with Crippen LogP contribution in [-0.4, -0.2) is 24.0 Å². The Bertz CT molecular complexity index is 800. The van der Waals surface area contributed by atoms with Crippen molar-refractivity contribution in [3.8, 4) is 11.5 Å². The van der Waals surface area contributed by atoms with Crippen molar-refractivity contribution in [3.63, 3.8) is 0 Å². The first-order valence-corrected chi connectivity index (χ1v) is 8.12. The quantitative estimate of drug-likeness (QED) is 0.894. The van der Waals surface area contributed by atoms with Crippen LogP contribution >= 0.6 is 0 Å². The Hall–Kier alpha value is -3.02. The highest BCUT2D eigenvalue weighted by Gasteiger charge is 2.23. The molecule has 0 fully saturated rings. The van der Waals surface area contributed by atoms with E-state index in [0.29, 0.717) is 28.4 Å². The molecule has 25 heavy (non-hydrogen) atoms. The second-order valence-corrected chi connectivity index (χ2v) is 6.11. The normalized spacial score (nSPS) is 15.8. The van der Waals surface area contributed by atoms with Crippen LogP contribution in [0.1, 0.15) is 31.1 Å². The van der Waals surface area contributed by atoms with Crippen molar-refractivity contribution in [2.45, 2.75) is 33.0 Å². The molecule has 2 aromatic carbocycles. The highest BCUT2D eigenvalue weighted by molar-refractivity contribution is 6.05. The standard InChI is InChI=1S/C19H20N2O4/c1-11(2)24-15-7-4-13(5-8-15)19(23)20-14-6-9-17-16(10-14)21-18(22)12(3)25-17/h4-12H,1-3H3,(H,20,23)(H,21,22)/t12-/m1/s1. The van der Waals surface area contributed by atoms with Gasteiger partial charge in [-0.15, -0.1) is 0 Å². The Morgan fingerprint density at radius 2 is 1.92 bits per heavy atom. The lowest BCUT2D eigenvalue weighted by molar-refractivity contribution is -0.122. The molecule has 0 aliphatic carbocycles. The van der Waals surface area contributed by atoms with Crippen LogP contribution in [0.4, 0.5) is 11.4 Å². The fraction of sp³-hybridized carbons (Fsp3) is 0.263. The summed E-state index contributed by atoms with van der Waals surface area (Å²) in [5.41, 5.74) is 1.63. The highest BCUT2D eigenvalue weighted by Crippen LogP contribution is 2.32. The third-order valence-corrected chi connectivity index (χ3v) is 3.66. The van der Waals surface area contributed by atoms with E-state index in [4.69, 9.17) is 9.47 Å². The summed E-state index contributed by atoms with van der Waals surface area (Å²) in [5.74, 6) is 0.846. The van der Waals surface area contributed by atoms with Crippen LogP contribution in [-0.2, 0) is 4.79 Å². The van der Waals surface area contributed by atoms with E-state index in [0.717, 1.165) is 0 Å². The number of benzene rings is 2. The Balaban J connectivity index is 1.71. The first-order chi connectivity index (χ1) is 11.9. The van der Waals surface area contributed by atoms with Gasteiger partial charge in [-0.1, -0.05) is 0 Å². The van der Waals surface area contributed by atoms with Gasteiger partial charge in [0.2, 0.25) is 0 Å². The molecule has 0 bridgehead atoms. The molecule has 1 aliphatic heterocycles. The second-order valence-electron chi connectivity index (χ2n) is 6.11. The van der Waals surface area contributed by atoms with Gasteiger partial charge in [-0.25, -0.2) is 0 Å². The van der Waals surface area contributed by atoms with Gasteiger partial charge in [-0.2, -0.15) is 0 Å². The van der Waals surface area contributed by atoms with Crippen molar-refractivity contribution in [1.82, 2.24) is 0 Å². The van der Waals surface area contributed by atoms with Crippen LogP contribution in [0.25, 0.3) is 0 Å². The molecule has 6 heteroatoms. The van der Waals surface area contributed by atoms with Gasteiger partial charge in [-0.3, -0.25) is 9.59 Å². The van der Waals surface area contributed by atoms with E-state index < -0.39 is 6.10 Å². The maximum absolute atomic E-state index is 12.4. The third kappa shape index (κ3) is 3.91. The molecular weight excluding hydrogens is 320 g/mol. The fourth-order valence-electron chi connectivity index (χ4n) is 2.45. The van der Waals surface area contributed by atoms with Gasteiger partial charge in [0.05, 0.1) is 11.8 Å². The summed E-state index contributed by atoms with van der Waals surface area (Å²) in [6.07, 6.45) is -0.449. The maximum Gasteiger partial charge on any atom is 0.265 e. The van der Waals surface area contributed by atoms with Gasteiger partial charge < -0.3 is 20.1 Å². The third-order valence-electron chi connectivity index (χ3n) is 3.66. The number of rotatable bonds is 4. The van der Waals surface area contributed by atoms with Crippen molar-refractivity contribution in [3.05, 3.63) is 48.0 Å².